The fourth-order valence-corrected chi connectivity index (χ4v) is 1.86. The lowest BCUT2D eigenvalue weighted by Crippen LogP contribution is -2.25. The van der Waals surface area contributed by atoms with Gasteiger partial charge in [0.1, 0.15) is 0 Å². The molecule has 0 fully saturated rings. The molecule has 0 bridgehead atoms. The molecule has 1 aromatic heterocycles. The number of aliphatic hydroxyl groups excluding tert-OH is 1. The second kappa shape index (κ2) is 4.07. The molecule has 0 amide bonds. The van der Waals surface area contributed by atoms with Gasteiger partial charge in [0.2, 0.25) is 0 Å². The number of rotatable bonds is 3. The van der Waals surface area contributed by atoms with E-state index in [1.165, 1.54) is 0 Å². The molecule has 1 unspecified atom stereocenters. The van der Waals surface area contributed by atoms with Crippen molar-refractivity contribution in [2.45, 2.75) is 32.9 Å². The summed E-state index contributed by atoms with van der Waals surface area (Å²) in [5.41, 5.74) is 0.757. The van der Waals surface area contributed by atoms with Gasteiger partial charge in [0.05, 0.1) is 11.8 Å². The predicted octanol–water partition coefficient (Wildman–Crippen LogP) is 2.04. The number of nitrogens with zero attached hydrogens (tertiary/aromatic N) is 2. The maximum absolute atomic E-state index is 9.28. The fourth-order valence-electron chi connectivity index (χ4n) is 0.851. The van der Waals surface area contributed by atoms with Crippen LogP contribution in [0, 0.1) is 0 Å². The Hall–Kier alpha value is -0.610. The van der Waals surface area contributed by atoms with Crippen LogP contribution in [0.1, 0.15) is 32.6 Å². The van der Waals surface area contributed by atoms with Crippen LogP contribution in [0.4, 0.5) is 5.13 Å². The van der Waals surface area contributed by atoms with Crippen LogP contribution in [0.3, 0.4) is 0 Å². The van der Waals surface area contributed by atoms with E-state index in [9.17, 15) is 5.11 Å². The molecule has 0 saturated carbocycles. The lowest BCUT2D eigenvalue weighted by Gasteiger charge is -2.19. The van der Waals surface area contributed by atoms with Crippen LogP contribution in [-0.4, -0.2) is 23.2 Å². The molecule has 3 nitrogen and oxygen atoms in total. The van der Waals surface area contributed by atoms with Crippen molar-refractivity contribution in [1.82, 2.24) is 4.98 Å². The molecule has 13 heavy (non-hydrogen) atoms. The molecule has 1 rings (SSSR count). The number of hydrogen-bond acceptors (Lipinski definition) is 4. The van der Waals surface area contributed by atoms with Crippen molar-refractivity contribution < 1.29 is 5.11 Å². The van der Waals surface area contributed by atoms with Crippen LogP contribution >= 0.6 is 11.3 Å². The van der Waals surface area contributed by atoms with Gasteiger partial charge in [-0.05, 0) is 20.8 Å². The van der Waals surface area contributed by atoms with E-state index < -0.39 is 6.10 Å². The Morgan fingerprint density at radius 3 is 2.46 bits per heavy atom. The number of aromatic nitrogens is 1. The molecule has 0 radical (unpaired) electrons. The first-order valence-electron chi connectivity index (χ1n) is 4.38. The molecule has 1 heterocycles. The minimum absolute atomic E-state index is 0.438. The Labute approximate surface area is 83.0 Å². The largest absolute Gasteiger partial charge is 0.387 e. The number of aliphatic hydroxyl groups is 1. The van der Waals surface area contributed by atoms with Gasteiger partial charge >= 0.3 is 0 Å². The molecular formula is C9H16N2OS. The van der Waals surface area contributed by atoms with Crippen LogP contribution in [0.15, 0.2) is 5.38 Å². The standard InChI is InChI=1S/C9H16N2OS/c1-6(2)11(4)9-10-8(5-13-9)7(3)12/h5-7,12H,1-4H3. The fraction of sp³-hybridized carbons (Fsp3) is 0.667. The molecular weight excluding hydrogens is 184 g/mol. The van der Waals surface area contributed by atoms with Gasteiger partial charge in [-0.3, -0.25) is 0 Å². The van der Waals surface area contributed by atoms with Gasteiger partial charge in [-0.1, -0.05) is 0 Å². The SMILES string of the molecule is CC(O)c1csc(N(C)C(C)C)n1. The van der Waals surface area contributed by atoms with Gasteiger partial charge in [0.25, 0.3) is 0 Å². The maximum atomic E-state index is 9.28. The normalized spacial score (nSPS) is 13.4. The third-order valence-corrected chi connectivity index (χ3v) is 2.96. The average molecular weight is 200 g/mol. The predicted molar refractivity (Wildman–Crippen MR) is 56.3 cm³/mol. The van der Waals surface area contributed by atoms with Crippen molar-refractivity contribution in [2.24, 2.45) is 0 Å². The van der Waals surface area contributed by atoms with E-state index in [0.29, 0.717) is 6.04 Å². The third-order valence-electron chi connectivity index (χ3n) is 2.01. The van der Waals surface area contributed by atoms with Gasteiger partial charge in [0, 0.05) is 18.5 Å². The summed E-state index contributed by atoms with van der Waals surface area (Å²) < 4.78 is 0. The van der Waals surface area contributed by atoms with Crippen molar-refractivity contribution in [1.29, 1.82) is 0 Å². The number of anilines is 1. The van der Waals surface area contributed by atoms with E-state index >= 15 is 0 Å². The van der Waals surface area contributed by atoms with Gasteiger partial charge in [-0.25, -0.2) is 4.98 Å². The summed E-state index contributed by atoms with van der Waals surface area (Å²) in [7, 11) is 2.01. The van der Waals surface area contributed by atoms with Crippen molar-refractivity contribution in [3.63, 3.8) is 0 Å². The van der Waals surface area contributed by atoms with Crippen LogP contribution in [0.25, 0.3) is 0 Å². The van der Waals surface area contributed by atoms with E-state index in [-0.39, 0.29) is 0 Å². The molecule has 1 aromatic rings. The van der Waals surface area contributed by atoms with E-state index in [2.05, 4.69) is 23.7 Å². The Morgan fingerprint density at radius 2 is 2.08 bits per heavy atom. The topological polar surface area (TPSA) is 36.4 Å². The average Bonchev–Trinajstić information content (AvgIpc) is 2.50. The summed E-state index contributed by atoms with van der Waals surface area (Å²) >= 11 is 1.57. The summed E-state index contributed by atoms with van der Waals surface area (Å²) in [6.45, 7) is 5.96. The van der Waals surface area contributed by atoms with Crippen LogP contribution in [-0.2, 0) is 0 Å². The van der Waals surface area contributed by atoms with Crippen molar-refractivity contribution in [2.75, 3.05) is 11.9 Å². The zero-order chi connectivity index (χ0) is 10.0. The highest BCUT2D eigenvalue weighted by atomic mass is 32.1. The smallest absolute Gasteiger partial charge is 0.185 e. The van der Waals surface area contributed by atoms with E-state index in [4.69, 9.17) is 0 Å². The third kappa shape index (κ3) is 2.42. The molecule has 0 spiro atoms. The second-order valence-corrected chi connectivity index (χ2v) is 4.27. The highest BCUT2D eigenvalue weighted by Gasteiger charge is 2.11. The van der Waals surface area contributed by atoms with Gasteiger partial charge in [-0.2, -0.15) is 0 Å². The zero-order valence-corrected chi connectivity index (χ0v) is 9.30. The highest BCUT2D eigenvalue weighted by molar-refractivity contribution is 7.13. The van der Waals surface area contributed by atoms with Crippen LogP contribution < -0.4 is 4.90 Å². The lowest BCUT2D eigenvalue weighted by molar-refractivity contribution is 0.195. The summed E-state index contributed by atoms with van der Waals surface area (Å²) in [5.74, 6) is 0. The maximum Gasteiger partial charge on any atom is 0.185 e. The van der Waals surface area contributed by atoms with Gasteiger partial charge < -0.3 is 10.0 Å². The van der Waals surface area contributed by atoms with Crippen molar-refractivity contribution in [3.05, 3.63) is 11.1 Å². The van der Waals surface area contributed by atoms with E-state index in [1.54, 1.807) is 18.3 Å². The Morgan fingerprint density at radius 1 is 1.46 bits per heavy atom. The minimum Gasteiger partial charge on any atom is -0.387 e. The summed E-state index contributed by atoms with van der Waals surface area (Å²) in [4.78, 5) is 6.42. The van der Waals surface area contributed by atoms with Crippen LogP contribution in [0.2, 0.25) is 0 Å². The molecule has 74 valence electrons. The monoisotopic (exact) mass is 200 g/mol. The van der Waals surface area contributed by atoms with Crippen LogP contribution in [0.5, 0.6) is 0 Å². The Kier molecular flexibility index (Phi) is 3.27. The zero-order valence-electron chi connectivity index (χ0n) is 8.48. The summed E-state index contributed by atoms with van der Waals surface area (Å²) in [6, 6.07) is 0.438. The quantitative estimate of drug-likeness (QED) is 0.811. The molecule has 0 aliphatic rings. The van der Waals surface area contributed by atoms with Crippen molar-refractivity contribution >= 4 is 16.5 Å². The summed E-state index contributed by atoms with van der Waals surface area (Å²) in [6.07, 6.45) is -0.467. The Balaban J connectivity index is 2.79. The first-order valence-corrected chi connectivity index (χ1v) is 5.26. The number of thiazole rings is 1. The minimum atomic E-state index is -0.467. The molecule has 1 N–H and O–H groups in total. The van der Waals surface area contributed by atoms with E-state index in [0.717, 1.165) is 10.8 Å². The first kappa shape index (κ1) is 10.5. The van der Waals surface area contributed by atoms with Crippen molar-refractivity contribution in [3.8, 4) is 0 Å². The molecule has 1 atom stereocenters. The van der Waals surface area contributed by atoms with E-state index in [1.807, 2.05) is 12.4 Å². The Bertz CT molecular complexity index is 270. The second-order valence-electron chi connectivity index (χ2n) is 3.44. The molecule has 0 aliphatic carbocycles. The molecule has 0 aliphatic heterocycles. The molecule has 4 heteroatoms. The molecule has 0 aromatic carbocycles. The van der Waals surface area contributed by atoms with Gasteiger partial charge in [-0.15, -0.1) is 11.3 Å². The first-order chi connectivity index (χ1) is 6.02. The highest BCUT2D eigenvalue weighted by Crippen LogP contribution is 2.24. The lowest BCUT2D eigenvalue weighted by atomic mass is 10.3. The number of hydrogen-bond donors (Lipinski definition) is 1. The summed E-state index contributed by atoms with van der Waals surface area (Å²) in [5, 5.41) is 12.1. The van der Waals surface area contributed by atoms with Gasteiger partial charge in [0.15, 0.2) is 5.13 Å². The molecule has 0 saturated heterocycles.